The minimum atomic E-state index is -0.363. The molecule has 2 unspecified atom stereocenters. The van der Waals surface area contributed by atoms with Gasteiger partial charge in [0.05, 0.1) is 0 Å². The number of nitrogens with one attached hydrogen (secondary N) is 1. The summed E-state index contributed by atoms with van der Waals surface area (Å²) in [5, 5.41) is 3.55. The average Bonchev–Trinajstić information content (AvgIpc) is 2.49. The number of nitrogens with zero attached hydrogens (tertiary/aromatic N) is 1. The van der Waals surface area contributed by atoms with Crippen LogP contribution in [0.25, 0.3) is 0 Å². The second kappa shape index (κ2) is 7.85. The van der Waals surface area contributed by atoms with Crippen molar-refractivity contribution < 1.29 is 8.78 Å². The van der Waals surface area contributed by atoms with Crippen molar-refractivity contribution in [2.45, 2.75) is 45.7 Å². The highest BCUT2D eigenvalue weighted by atomic mass is 19.1. The highest BCUT2D eigenvalue weighted by molar-refractivity contribution is 5.18. The summed E-state index contributed by atoms with van der Waals surface area (Å²) >= 11 is 0. The van der Waals surface area contributed by atoms with Gasteiger partial charge in [0.1, 0.15) is 11.6 Å². The molecule has 1 aliphatic heterocycles. The van der Waals surface area contributed by atoms with Crippen molar-refractivity contribution in [1.82, 2.24) is 10.2 Å². The van der Waals surface area contributed by atoms with Crippen LogP contribution in [0.1, 0.15) is 38.7 Å². The van der Waals surface area contributed by atoms with E-state index in [0.29, 0.717) is 24.1 Å². The second-order valence-corrected chi connectivity index (χ2v) is 6.12. The Labute approximate surface area is 126 Å². The topological polar surface area (TPSA) is 15.3 Å². The molecule has 0 aliphatic carbocycles. The Morgan fingerprint density at radius 3 is 2.95 bits per heavy atom. The quantitative estimate of drug-likeness (QED) is 0.863. The average molecular weight is 296 g/mol. The van der Waals surface area contributed by atoms with Crippen molar-refractivity contribution in [3.63, 3.8) is 0 Å². The maximum atomic E-state index is 13.7. The van der Waals surface area contributed by atoms with Gasteiger partial charge in [-0.2, -0.15) is 0 Å². The molecule has 1 aliphatic rings. The lowest BCUT2D eigenvalue weighted by molar-refractivity contribution is 0.143. The van der Waals surface area contributed by atoms with Gasteiger partial charge in [-0.05, 0) is 63.4 Å². The highest BCUT2D eigenvalue weighted by Crippen LogP contribution is 2.22. The van der Waals surface area contributed by atoms with Crippen LogP contribution < -0.4 is 5.32 Å². The summed E-state index contributed by atoms with van der Waals surface area (Å²) in [7, 11) is 0. The standard InChI is InChI=1S/C17H26F2N2/c1-3-8-20-13(2)14-5-4-9-21(11-14)12-15-10-16(18)6-7-17(15)19/h6-7,10,13-14,20H,3-5,8-9,11-12H2,1-2H3. The van der Waals surface area contributed by atoms with Gasteiger partial charge in [0.25, 0.3) is 0 Å². The highest BCUT2D eigenvalue weighted by Gasteiger charge is 2.24. The first-order chi connectivity index (χ1) is 10.1. The van der Waals surface area contributed by atoms with Gasteiger partial charge in [-0.25, -0.2) is 8.78 Å². The Morgan fingerprint density at radius 1 is 1.38 bits per heavy atom. The van der Waals surface area contributed by atoms with E-state index in [2.05, 4.69) is 24.1 Å². The fourth-order valence-corrected chi connectivity index (χ4v) is 3.09. The first kappa shape index (κ1) is 16.4. The van der Waals surface area contributed by atoms with Crippen LogP contribution in [0.4, 0.5) is 8.78 Å². The van der Waals surface area contributed by atoms with Gasteiger partial charge >= 0.3 is 0 Å². The maximum absolute atomic E-state index is 13.7. The predicted molar refractivity (Wildman–Crippen MR) is 82.1 cm³/mol. The molecule has 0 radical (unpaired) electrons. The third kappa shape index (κ3) is 4.75. The summed E-state index contributed by atoms with van der Waals surface area (Å²) < 4.78 is 27.0. The van der Waals surface area contributed by atoms with Gasteiger partial charge in [-0.15, -0.1) is 0 Å². The number of hydrogen-bond donors (Lipinski definition) is 1. The van der Waals surface area contributed by atoms with Gasteiger partial charge < -0.3 is 5.32 Å². The van der Waals surface area contributed by atoms with Crippen LogP contribution in [0.5, 0.6) is 0 Å². The van der Waals surface area contributed by atoms with Crippen molar-refractivity contribution in [2.24, 2.45) is 5.92 Å². The first-order valence-corrected chi connectivity index (χ1v) is 7.99. The van der Waals surface area contributed by atoms with Gasteiger partial charge in [0.2, 0.25) is 0 Å². The second-order valence-electron chi connectivity index (χ2n) is 6.12. The Hall–Kier alpha value is -1.00. The molecule has 2 atom stereocenters. The molecule has 1 aromatic carbocycles. The van der Waals surface area contributed by atoms with Crippen molar-refractivity contribution >= 4 is 0 Å². The molecule has 21 heavy (non-hydrogen) atoms. The van der Waals surface area contributed by atoms with Gasteiger partial charge in [0.15, 0.2) is 0 Å². The van der Waals surface area contributed by atoms with E-state index in [1.165, 1.54) is 24.6 Å². The lowest BCUT2D eigenvalue weighted by Crippen LogP contribution is -2.44. The third-order valence-electron chi connectivity index (χ3n) is 4.37. The molecule has 118 valence electrons. The number of hydrogen-bond acceptors (Lipinski definition) is 2. The summed E-state index contributed by atoms with van der Waals surface area (Å²) in [5.41, 5.74) is 0.463. The molecule has 1 saturated heterocycles. The van der Waals surface area contributed by atoms with Crippen LogP contribution in [0.15, 0.2) is 18.2 Å². The summed E-state index contributed by atoms with van der Waals surface area (Å²) in [6.07, 6.45) is 3.47. The SMILES string of the molecule is CCCNC(C)C1CCCN(Cc2cc(F)ccc2F)C1. The van der Waals surface area contributed by atoms with E-state index in [1.807, 2.05) is 0 Å². The Bertz CT molecular complexity index is 450. The third-order valence-corrected chi connectivity index (χ3v) is 4.37. The normalized spacial score (nSPS) is 21.4. The fraction of sp³-hybridized carbons (Fsp3) is 0.647. The summed E-state index contributed by atoms with van der Waals surface area (Å²) in [5.74, 6) is -0.0875. The lowest BCUT2D eigenvalue weighted by atomic mass is 9.91. The molecule has 1 aromatic rings. The first-order valence-electron chi connectivity index (χ1n) is 7.99. The van der Waals surface area contributed by atoms with Crippen molar-refractivity contribution in [3.8, 4) is 0 Å². The maximum Gasteiger partial charge on any atom is 0.127 e. The molecule has 0 saturated carbocycles. The fourth-order valence-electron chi connectivity index (χ4n) is 3.09. The zero-order chi connectivity index (χ0) is 15.2. The monoisotopic (exact) mass is 296 g/mol. The molecular formula is C17H26F2N2. The molecule has 4 heteroatoms. The van der Waals surface area contributed by atoms with Crippen LogP contribution in [-0.4, -0.2) is 30.6 Å². The molecule has 0 amide bonds. The molecule has 2 rings (SSSR count). The van der Waals surface area contributed by atoms with E-state index < -0.39 is 0 Å². The predicted octanol–water partition coefficient (Wildman–Crippen LogP) is 3.56. The lowest BCUT2D eigenvalue weighted by Gasteiger charge is -2.36. The van der Waals surface area contributed by atoms with Crippen LogP contribution in [0, 0.1) is 17.6 Å². The number of benzene rings is 1. The largest absolute Gasteiger partial charge is 0.314 e. The van der Waals surface area contributed by atoms with Crippen molar-refractivity contribution in [3.05, 3.63) is 35.4 Å². The molecule has 1 heterocycles. The van der Waals surface area contributed by atoms with E-state index in [4.69, 9.17) is 0 Å². The summed E-state index contributed by atoms with van der Waals surface area (Å²) in [6, 6.07) is 4.19. The number of rotatable bonds is 6. The van der Waals surface area contributed by atoms with Gasteiger partial charge in [0, 0.05) is 24.7 Å². The zero-order valence-electron chi connectivity index (χ0n) is 13.0. The van der Waals surface area contributed by atoms with E-state index in [-0.39, 0.29) is 11.6 Å². The molecule has 0 spiro atoms. The molecule has 1 N–H and O–H groups in total. The molecular weight excluding hydrogens is 270 g/mol. The number of likely N-dealkylation sites (tertiary alicyclic amines) is 1. The Morgan fingerprint density at radius 2 is 2.19 bits per heavy atom. The van der Waals surface area contributed by atoms with Crippen molar-refractivity contribution in [1.29, 1.82) is 0 Å². The van der Waals surface area contributed by atoms with Gasteiger partial charge in [-0.1, -0.05) is 6.92 Å². The zero-order valence-corrected chi connectivity index (χ0v) is 13.0. The number of piperidine rings is 1. The smallest absolute Gasteiger partial charge is 0.127 e. The summed E-state index contributed by atoms with van der Waals surface area (Å²) in [6.45, 7) is 7.85. The van der Waals surface area contributed by atoms with Crippen LogP contribution in [0.3, 0.4) is 0 Å². The van der Waals surface area contributed by atoms with Crippen LogP contribution >= 0.6 is 0 Å². The van der Waals surface area contributed by atoms with E-state index in [9.17, 15) is 8.78 Å². The van der Waals surface area contributed by atoms with E-state index >= 15 is 0 Å². The molecule has 2 nitrogen and oxygen atoms in total. The molecule has 0 bridgehead atoms. The minimum absolute atomic E-state index is 0.310. The van der Waals surface area contributed by atoms with E-state index in [0.717, 1.165) is 32.5 Å². The summed E-state index contributed by atoms with van der Waals surface area (Å²) in [4.78, 5) is 2.25. The van der Waals surface area contributed by atoms with Crippen molar-refractivity contribution in [2.75, 3.05) is 19.6 Å². The molecule has 1 fully saturated rings. The van der Waals surface area contributed by atoms with Crippen LogP contribution in [-0.2, 0) is 6.54 Å². The number of halogens is 2. The van der Waals surface area contributed by atoms with Crippen LogP contribution in [0.2, 0.25) is 0 Å². The van der Waals surface area contributed by atoms with E-state index in [1.54, 1.807) is 0 Å². The molecule has 0 aromatic heterocycles. The minimum Gasteiger partial charge on any atom is -0.314 e. The Balaban J connectivity index is 1.93. The van der Waals surface area contributed by atoms with Gasteiger partial charge in [-0.3, -0.25) is 4.90 Å². The Kier molecular flexibility index (Phi) is 6.12.